The molecule has 0 fully saturated rings. The Morgan fingerprint density at radius 1 is 0.880 bits per heavy atom. The summed E-state index contributed by atoms with van der Waals surface area (Å²) in [6.07, 6.45) is 1.14. The molecule has 0 radical (unpaired) electrons. The Morgan fingerprint density at radius 2 is 1.40 bits per heavy atom. The fourth-order valence-corrected chi connectivity index (χ4v) is 2.34. The van der Waals surface area contributed by atoms with E-state index in [1.54, 1.807) is 24.3 Å². The van der Waals surface area contributed by atoms with Crippen LogP contribution in [0.15, 0.2) is 54.6 Å². The highest BCUT2D eigenvalue weighted by molar-refractivity contribution is 6.05. The molecule has 2 aromatic carbocycles. The van der Waals surface area contributed by atoms with Gasteiger partial charge in [0.15, 0.2) is 0 Å². The van der Waals surface area contributed by atoms with Crippen molar-refractivity contribution in [1.29, 1.82) is 0 Å². The highest BCUT2D eigenvalue weighted by Crippen LogP contribution is 2.14. The lowest BCUT2D eigenvalue weighted by atomic mass is 9.97. The quantitative estimate of drug-likeness (QED) is 0.724. The van der Waals surface area contributed by atoms with Gasteiger partial charge in [0.1, 0.15) is 0 Å². The minimum absolute atomic E-state index is 0.203. The minimum atomic E-state index is -0.884. The molecule has 0 aliphatic heterocycles. The van der Waals surface area contributed by atoms with Crippen molar-refractivity contribution in [2.75, 3.05) is 11.9 Å². The molecule has 0 aromatic heterocycles. The molecule has 5 heteroatoms. The number of rotatable bonds is 7. The van der Waals surface area contributed by atoms with Gasteiger partial charge in [0.05, 0.1) is 5.60 Å². The van der Waals surface area contributed by atoms with Crippen LogP contribution in [-0.2, 0) is 0 Å². The summed E-state index contributed by atoms with van der Waals surface area (Å²) < 4.78 is 0. The third kappa shape index (κ3) is 5.16. The molecule has 0 saturated carbocycles. The van der Waals surface area contributed by atoms with Gasteiger partial charge in [0, 0.05) is 23.4 Å². The molecule has 2 aromatic rings. The van der Waals surface area contributed by atoms with Gasteiger partial charge in [-0.3, -0.25) is 9.59 Å². The van der Waals surface area contributed by atoms with Gasteiger partial charge in [-0.05, 0) is 49.2 Å². The lowest BCUT2D eigenvalue weighted by molar-refractivity contribution is 0.0314. The van der Waals surface area contributed by atoms with E-state index >= 15 is 0 Å². The maximum Gasteiger partial charge on any atom is 0.255 e. The van der Waals surface area contributed by atoms with Crippen LogP contribution < -0.4 is 10.6 Å². The van der Waals surface area contributed by atoms with Crippen LogP contribution in [-0.4, -0.2) is 29.1 Å². The van der Waals surface area contributed by atoms with E-state index in [1.165, 1.54) is 0 Å². The van der Waals surface area contributed by atoms with Gasteiger partial charge in [-0.15, -0.1) is 0 Å². The molecule has 0 bridgehead atoms. The highest BCUT2D eigenvalue weighted by Gasteiger charge is 2.23. The van der Waals surface area contributed by atoms with Gasteiger partial charge in [0.25, 0.3) is 11.8 Å². The van der Waals surface area contributed by atoms with Gasteiger partial charge >= 0.3 is 0 Å². The molecule has 132 valence electrons. The van der Waals surface area contributed by atoms with Crippen molar-refractivity contribution in [3.05, 3.63) is 65.7 Å². The van der Waals surface area contributed by atoms with Gasteiger partial charge in [-0.25, -0.2) is 0 Å². The van der Waals surface area contributed by atoms with Gasteiger partial charge in [0.2, 0.25) is 0 Å². The lowest BCUT2D eigenvalue weighted by Gasteiger charge is -2.25. The Kier molecular flexibility index (Phi) is 6.31. The molecular formula is C20H24N2O3. The third-order valence-electron chi connectivity index (χ3n) is 4.34. The number of para-hydroxylation sites is 1. The van der Waals surface area contributed by atoms with Crippen molar-refractivity contribution in [1.82, 2.24) is 5.32 Å². The zero-order chi connectivity index (χ0) is 18.3. The lowest BCUT2D eigenvalue weighted by Crippen LogP contribution is -2.42. The van der Waals surface area contributed by atoms with E-state index in [2.05, 4.69) is 10.6 Å². The second-order valence-corrected chi connectivity index (χ2v) is 6.01. The Balaban J connectivity index is 1.97. The Hall–Kier alpha value is -2.66. The summed E-state index contributed by atoms with van der Waals surface area (Å²) in [5, 5.41) is 15.7. The summed E-state index contributed by atoms with van der Waals surface area (Å²) in [5.41, 5.74) is 0.753. The monoisotopic (exact) mass is 340 g/mol. The predicted octanol–water partition coefficient (Wildman–Crippen LogP) is 3.22. The van der Waals surface area contributed by atoms with E-state index in [9.17, 15) is 14.7 Å². The summed E-state index contributed by atoms with van der Waals surface area (Å²) in [5.74, 6) is -0.500. The fraction of sp³-hybridized carbons (Fsp3) is 0.300. The smallest absolute Gasteiger partial charge is 0.255 e. The average Bonchev–Trinajstić information content (AvgIpc) is 2.66. The van der Waals surface area contributed by atoms with Crippen molar-refractivity contribution in [2.24, 2.45) is 0 Å². The van der Waals surface area contributed by atoms with Crippen molar-refractivity contribution < 1.29 is 14.7 Å². The number of aliphatic hydroxyl groups is 1. The van der Waals surface area contributed by atoms with Crippen LogP contribution in [0.5, 0.6) is 0 Å². The maximum atomic E-state index is 12.2. The Morgan fingerprint density at radius 3 is 1.92 bits per heavy atom. The first kappa shape index (κ1) is 18.7. The Labute approximate surface area is 148 Å². The topological polar surface area (TPSA) is 78.4 Å². The maximum absolute atomic E-state index is 12.2. The van der Waals surface area contributed by atoms with E-state index in [0.717, 1.165) is 0 Å². The largest absolute Gasteiger partial charge is 0.388 e. The number of amides is 2. The highest BCUT2D eigenvalue weighted by atomic mass is 16.3. The van der Waals surface area contributed by atoms with Gasteiger partial charge in [-0.1, -0.05) is 32.0 Å². The molecule has 2 amide bonds. The van der Waals surface area contributed by atoms with Crippen LogP contribution in [0.3, 0.4) is 0 Å². The second-order valence-electron chi connectivity index (χ2n) is 6.01. The number of benzene rings is 2. The fourth-order valence-electron chi connectivity index (χ4n) is 2.34. The number of nitrogens with one attached hydrogen (secondary N) is 2. The molecule has 0 atom stereocenters. The first-order valence-corrected chi connectivity index (χ1v) is 8.44. The first-order valence-electron chi connectivity index (χ1n) is 8.44. The molecule has 25 heavy (non-hydrogen) atoms. The van der Waals surface area contributed by atoms with E-state index in [-0.39, 0.29) is 18.4 Å². The average molecular weight is 340 g/mol. The van der Waals surface area contributed by atoms with E-state index in [4.69, 9.17) is 0 Å². The molecule has 2 rings (SSSR count). The molecule has 0 spiro atoms. The normalized spacial score (nSPS) is 11.0. The van der Waals surface area contributed by atoms with Crippen LogP contribution in [0.1, 0.15) is 47.4 Å². The SMILES string of the molecule is CCC(O)(CC)CNC(=O)c1ccc(C(=O)Nc2ccccc2)cc1. The summed E-state index contributed by atoms with van der Waals surface area (Å²) >= 11 is 0. The Bertz CT molecular complexity index is 707. The summed E-state index contributed by atoms with van der Waals surface area (Å²) in [6, 6.07) is 15.6. The zero-order valence-electron chi connectivity index (χ0n) is 14.6. The molecule has 0 saturated heterocycles. The van der Waals surface area contributed by atoms with E-state index in [1.807, 2.05) is 44.2 Å². The summed E-state index contributed by atoms with van der Waals surface area (Å²) in [7, 11) is 0. The number of hydrogen-bond donors (Lipinski definition) is 3. The molecule has 0 heterocycles. The molecule has 5 nitrogen and oxygen atoms in total. The summed E-state index contributed by atoms with van der Waals surface area (Å²) in [6.45, 7) is 3.97. The predicted molar refractivity (Wildman–Crippen MR) is 98.7 cm³/mol. The van der Waals surface area contributed by atoms with Crippen LogP contribution >= 0.6 is 0 Å². The number of carbonyl (C=O) groups excluding carboxylic acids is 2. The van der Waals surface area contributed by atoms with Crippen LogP contribution in [0.4, 0.5) is 5.69 Å². The van der Waals surface area contributed by atoms with Crippen molar-refractivity contribution >= 4 is 17.5 Å². The molecule has 0 aliphatic carbocycles. The number of anilines is 1. The number of carbonyl (C=O) groups is 2. The van der Waals surface area contributed by atoms with Gasteiger partial charge in [-0.2, -0.15) is 0 Å². The van der Waals surface area contributed by atoms with Crippen molar-refractivity contribution in [2.45, 2.75) is 32.3 Å². The molecule has 3 N–H and O–H groups in total. The number of hydrogen-bond acceptors (Lipinski definition) is 3. The molecular weight excluding hydrogens is 316 g/mol. The van der Waals surface area contributed by atoms with Crippen LogP contribution in [0.25, 0.3) is 0 Å². The van der Waals surface area contributed by atoms with Crippen molar-refractivity contribution in [3.8, 4) is 0 Å². The summed E-state index contributed by atoms with van der Waals surface area (Å²) in [4.78, 5) is 24.4. The molecule has 0 unspecified atom stereocenters. The molecule has 0 aliphatic rings. The zero-order valence-corrected chi connectivity index (χ0v) is 14.6. The van der Waals surface area contributed by atoms with Crippen molar-refractivity contribution in [3.63, 3.8) is 0 Å². The second kappa shape index (κ2) is 8.44. The first-order chi connectivity index (χ1) is 12.0. The third-order valence-corrected chi connectivity index (χ3v) is 4.34. The standard InChI is InChI=1S/C20H24N2O3/c1-3-20(25,4-2)14-21-18(23)15-10-12-16(13-11-15)19(24)22-17-8-6-5-7-9-17/h5-13,25H,3-4,14H2,1-2H3,(H,21,23)(H,22,24). The van der Waals surface area contributed by atoms with Gasteiger partial charge < -0.3 is 15.7 Å². The minimum Gasteiger partial charge on any atom is -0.388 e. The van der Waals surface area contributed by atoms with E-state index < -0.39 is 5.60 Å². The van der Waals surface area contributed by atoms with E-state index in [0.29, 0.717) is 29.7 Å². The van der Waals surface area contributed by atoms with Crippen LogP contribution in [0.2, 0.25) is 0 Å². The van der Waals surface area contributed by atoms with Crippen LogP contribution in [0, 0.1) is 0 Å².